The predicted octanol–water partition coefficient (Wildman–Crippen LogP) is 3.90. The summed E-state index contributed by atoms with van der Waals surface area (Å²) in [4.78, 5) is 0.456. The maximum absolute atomic E-state index is 11.7. The van der Waals surface area contributed by atoms with Gasteiger partial charge in [-0.25, -0.2) is 0 Å². The van der Waals surface area contributed by atoms with Gasteiger partial charge < -0.3 is 10.4 Å². The molecule has 1 atom stereocenters. The second-order valence-corrected chi connectivity index (χ2v) is 4.53. The van der Waals surface area contributed by atoms with E-state index in [0.717, 1.165) is 5.56 Å². The number of rotatable bonds is 4. The molecule has 0 spiro atoms. The fourth-order valence-corrected chi connectivity index (χ4v) is 1.67. The molecule has 0 bridgehead atoms. The Morgan fingerprint density at radius 3 is 2.63 bits per heavy atom. The summed E-state index contributed by atoms with van der Waals surface area (Å²) in [6.07, 6.45) is 1.34. The van der Waals surface area contributed by atoms with E-state index in [0.29, 0.717) is 21.2 Å². The average Bonchev–Trinajstić information content (AvgIpc) is 2.37. The maximum Gasteiger partial charge on any atom is 0.212 e. The average molecular weight is 282 g/mol. The van der Waals surface area contributed by atoms with E-state index in [1.807, 2.05) is 18.2 Å². The van der Waals surface area contributed by atoms with Gasteiger partial charge in [0.25, 0.3) is 0 Å². The molecule has 1 unspecified atom stereocenters. The lowest BCUT2D eigenvalue weighted by Gasteiger charge is -2.04. The predicted molar refractivity (Wildman–Crippen MR) is 75.5 cm³/mol. The van der Waals surface area contributed by atoms with Gasteiger partial charge in [-0.1, -0.05) is 39.8 Å². The minimum atomic E-state index is -0.488. The Kier molecular flexibility index (Phi) is 5.51. The molecule has 1 N–H and O–H groups in total. The molecule has 0 aliphatic carbocycles. The van der Waals surface area contributed by atoms with E-state index in [9.17, 15) is 5.21 Å². The number of benzene rings is 1. The molecule has 0 saturated heterocycles. The van der Waals surface area contributed by atoms with E-state index in [4.69, 9.17) is 16.8 Å². The van der Waals surface area contributed by atoms with Crippen molar-refractivity contribution < 1.29 is 10.1 Å². The van der Waals surface area contributed by atoms with E-state index < -0.39 is 6.04 Å². The van der Waals surface area contributed by atoms with Crippen LogP contribution >= 0.6 is 11.6 Å². The van der Waals surface area contributed by atoms with Crippen molar-refractivity contribution in [3.63, 3.8) is 0 Å². The summed E-state index contributed by atoms with van der Waals surface area (Å²) in [5, 5.41) is 27.6. The molecule has 1 aromatic rings. The van der Waals surface area contributed by atoms with Crippen LogP contribution in [0.1, 0.15) is 26.3 Å². The van der Waals surface area contributed by atoms with Gasteiger partial charge in [0.05, 0.1) is 5.71 Å². The Labute approximate surface area is 117 Å². The molecule has 1 aromatic carbocycles. The smallest absolute Gasteiger partial charge is 0.212 e. The highest BCUT2D eigenvalue weighted by atomic mass is 35.5. The summed E-state index contributed by atoms with van der Waals surface area (Å²) in [5.74, 6) is 0. The zero-order valence-corrected chi connectivity index (χ0v) is 11.8. The quantitative estimate of drug-likeness (QED) is 0.299. The highest BCUT2D eigenvalue weighted by Crippen LogP contribution is 2.22. The Morgan fingerprint density at radius 2 is 2.05 bits per heavy atom. The minimum absolute atomic E-state index is 0.365. The monoisotopic (exact) mass is 281 g/mol. The van der Waals surface area contributed by atoms with Gasteiger partial charge in [0, 0.05) is 16.2 Å². The molecule has 0 aromatic heterocycles. The van der Waals surface area contributed by atoms with E-state index in [2.05, 4.69) is 10.3 Å². The number of halogens is 1. The molecule has 0 aliphatic rings. The lowest BCUT2D eigenvalue weighted by molar-refractivity contribution is -0.459. The van der Waals surface area contributed by atoms with Crippen molar-refractivity contribution in [2.45, 2.75) is 26.8 Å². The summed E-state index contributed by atoms with van der Waals surface area (Å²) < 4.78 is 0. The van der Waals surface area contributed by atoms with Gasteiger partial charge in [-0.05, 0) is 32.0 Å². The molecule has 0 fully saturated rings. The Bertz CT molecular complexity index is 538. The van der Waals surface area contributed by atoms with Crippen LogP contribution in [0.5, 0.6) is 0 Å². The van der Waals surface area contributed by atoms with E-state index in [-0.39, 0.29) is 0 Å². The first-order valence-electron chi connectivity index (χ1n) is 5.74. The van der Waals surface area contributed by atoms with Crippen LogP contribution in [0, 0.1) is 5.21 Å². The third-order valence-electron chi connectivity index (χ3n) is 2.65. The second kappa shape index (κ2) is 6.89. The third-order valence-corrected chi connectivity index (χ3v) is 2.98. The lowest BCUT2D eigenvalue weighted by Crippen LogP contribution is -2.13. The summed E-state index contributed by atoms with van der Waals surface area (Å²) in [6.45, 7) is 5.03. The molecule has 0 saturated carbocycles. The lowest BCUT2D eigenvalue weighted by atomic mass is 10.1. The van der Waals surface area contributed by atoms with Crippen molar-refractivity contribution in [3.05, 3.63) is 46.3 Å². The highest BCUT2D eigenvalue weighted by molar-refractivity contribution is 6.32. The first kappa shape index (κ1) is 15.2. The van der Waals surface area contributed by atoms with E-state index >= 15 is 0 Å². The van der Waals surface area contributed by atoms with Gasteiger partial charge in [-0.15, -0.1) is 0 Å². The number of hydrogen-bond acceptors (Lipinski definition) is 4. The Balaban J connectivity index is 2.96. The molecule has 0 heterocycles. The van der Waals surface area contributed by atoms with Crippen molar-refractivity contribution in [3.8, 4) is 0 Å². The van der Waals surface area contributed by atoms with Crippen LogP contribution in [0.25, 0.3) is 5.57 Å². The van der Waals surface area contributed by atoms with Crippen LogP contribution in [-0.2, 0) is 0 Å². The van der Waals surface area contributed by atoms with Crippen molar-refractivity contribution in [1.82, 2.24) is 0 Å². The topological polar surface area (TPSA) is 71.0 Å². The number of hydrogen-bond donors (Lipinski definition) is 1. The van der Waals surface area contributed by atoms with Gasteiger partial charge in [0.1, 0.15) is 0 Å². The number of allylic oxidation sites excluding steroid dienone is 1. The molecule has 19 heavy (non-hydrogen) atoms. The van der Waals surface area contributed by atoms with Gasteiger partial charge in [0.2, 0.25) is 6.20 Å². The van der Waals surface area contributed by atoms with Crippen molar-refractivity contribution in [2.24, 2.45) is 10.3 Å². The van der Waals surface area contributed by atoms with Crippen molar-refractivity contribution in [2.75, 3.05) is 0 Å². The molecular weight excluding hydrogens is 266 g/mol. The van der Waals surface area contributed by atoms with E-state index in [1.165, 1.54) is 6.20 Å². The maximum atomic E-state index is 11.7. The first-order chi connectivity index (χ1) is 8.95. The molecule has 102 valence electrons. The number of nitrogens with zero attached hydrogens (tertiary/aromatic N) is 3. The van der Waals surface area contributed by atoms with Crippen LogP contribution in [0.15, 0.2) is 40.7 Å². The van der Waals surface area contributed by atoms with Crippen LogP contribution < -0.4 is 0 Å². The van der Waals surface area contributed by atoms with Crippen molar-refractivity contribution >= 4 is 22.9 Å². The van der Waals surface area contributed by atoms with Crippen LogP contribution in [0.2, 0.25) is 5.02 Å². The summed E-state index contributed by atoms with van der Waals surface area (Å²) in [6, 6.07) is 6.76. The Morgan fingerprint density at radius 1 is 1.42 bits per heavy atom. The normalized spacial score (nSPS) is 15.5. The third kappa shape index (κ3) is 4.37. The summed E-state index contributed by atoms with van der Waals surface area (Å²) >= 11 is 6.04. The first-order valence-corrected chi connectivity index (χ1v) is 6.12. The van der Waals surface area contributed by atoms with Crippen LogP contribution in [0.4, 0.5) is 0 Å². The minimum Gasteiger partial charge on any atom is -0.595 e. The van der Waals surface area contributed by atoms with Crippen LogP contribution in [-0.4, -0.2) is 21.8 Å². The van der Waals surface area contributed by atoms with Gasteiger partial charge in [0.15, 0.2) is 6.04 Å². The van der Waals surface area contributed by atoms with Gasteiger partial charge in [-0.3, -0.25) is 0 Å². The molecule has 6 heteroatoms. The SMILES string of the molecule is C/C(=N/O)C(C)N=[N+]([O-])/C=C(\C)c1ccccc1Cl. The van der Waals surface area contributed by atoms with E-state index in [1.54, 1.807) is 26.8 Å². The second-order valence-electron chi connectivity index (χ2n) is 4.13. The zero-order valence-electron chi connectivity index (χ0n) is 11.0. The fourth-order valence-electron chi connectivity index (χ4n) is 1.39. The standard InChI is InChI=1S/C13H16ClN3O2/c1-9(12-6-4-5-7-13(12)14)8-17(19)15-10(2)11(3)16-18/h4-8,10,18H,1-3H3/b9-8+,16-11-,17-15?. The summed E-state index contributed by atoms with van der Waals surface area (Å²) in [5.41, 5.74) is 1.85. The Hall–Kier alpha value is -1.88. The summed E-state index contributed by atoms with van der Waals surface area (Å²) in [7, 11) is 0. The largest absolute Gasteiger partial charge is 0.595 e. The molecule has 0 aliphatic heterocycles. The molecule has 0 amide bonds. The fraction of sp³-hybridized carbons (Fsp3) is 0.308. The van der Waals surface area contributed by atoms with Gasteiger partial charge in [-0.2, -0.15) is 0 Å². The zero-order chi connectivity index (χ0) is 14.4. The number of hydroxylamine groups is 1. The van der Waals surface area contributed by atoms with Crippen molar-refractivity contribution in [1.29, 1.82) is 0 Å². The highest BCUT2D eigenvalue weighted by Gasteiger charge is 2.09. The molecule has 1 rings (SSSR count). The molecule has 0 radical (unpaired) electrons. The van der Waals surface area contributed by atoms with Gasteiger partial charge >= 0.3 is 0 Å². The number of azo groups is 1. The number of oxime groups is 1. The molecule has 5 nitrogen and oxygen atoms in total. The van der Waals surface area contributed by atoms with Crippen LogP contribution in [0.3, 0.4) is 0 Å². The molecular formula is C13H16ClN3O2.